The highest BCUT2D eigenvalue weighted by molar-refractivity contribution is 6.04. The van der Waals surface area contributed by atoms with Gasteiger partial charge in [-0.05, 0) is 42.5 Å². The molecule has 0 aromatic heterocycles. The Labute approximate surface area is 189 Å². The SMILES string of the molecule is COc1ccc(C2=NN3[C@H](C2)c2ccccc2O[C@@H]3c2ccc(OC(F)F)cc2)c(OC)c1. The fourth-order valence-corrected chi connectivity index (χ4v) is 4.27. The number of methoxy groups -OCH3 is 2. The van der Waals surface area contributed by atoms with Gasteiger partial charge in [-0.3, -0.25) is 0 Å². The molecule has 2 aliphatic heterocycles. The van der Waals surface area contributed by atoms with E-state index in [9.17, 15) is 8.78 Å². The molecule has 0 amide bonds. The highest BCUT2D eigenvalue weighted by Gasteiger charge is 2.41. The summed E-state index contributed by atoms with van der Waals surface area (Å²) < 4.78 is 46.8. The van der Waals surface area contributed by atoms with Crippen LogP contribution in [0.1, 0.15) is 35.4 Å². The summed E-state index contributed by atoms with van der Waals surface area (Å²) in [6.45, 7) is -2.87. The lowest BCUT2D eigenvalue weighted by Gasteiger charge is -2.38. The van der Waals surface area contributed by atoms with E-state index in [0.29, 0.717) is 17.9 Å². The van der Waals surface area contributed by atoms with Crippen LogP contribution in [0.2, 0.25) is 0 Å². The molecule has 0 aliphatic carbocycles. The molecule has 8 heteroatoms. The smallest absolute Gasteiger partial charge is 0.387 e. The van der Waals surface area contributed by atoms with Crippen LogP contribution in [-0.4, -0.2) is 31.6 Å². The monoisotopic (exact) mass is 452 g/mol. The van der Waals surface area contributed by atoms with Crippen molar-refractivity contribution in [3.63, 3.8) is 0 Å². The van der Waals surface area contributed by atoms with Crippen molar-refractivity contribution in [3.8, 4) is 23.0 Å². The van der Waals surface area contributed by atoms with Gasteiger partial charge in [0.05, 0.1) is 26.0 Å². The van der Waals surface area contributed by atoms with Gasteiger partial charge in [-0.2, -0.15) is 13.9 Å². The number of halogens is 2. The average Bonchev–Trinajstić information content (AvgIpc) is 3.29. The van der Waals surface area contributed by atoms with Gasteiger partial charge in [0.25, 0.3) is 0 Å². The third kappa shape index (κ3) is 3.92. The lowest BCUT2D eigenvalue weighted by molar-refractivity contribution is -0.0499. The van der Waals surface area contributed by atoms with E-state index in [1.54, 1.807) is 26.4 Å². The lowest BCUT2D eigenvalue weighted by atomic mass is 9.95. The number of para-hydroxylation sites is 1. The van der Waals surface area contributed by atoms with E-state index in [-0.39, 0.29) is 11.8 Å². The van der Waals surface area contributed by atoms with Gasteiger partial charge in [-0.25, -0.2) is 5.01 Å². The van der Waals surface area contributed by atoms with Gasteiger partial charge >= 0.3 is 6.61 Å². The van der Waals surface area contributed by atoms with Crippen LogP contribution in [0.25, 0.3) is 0 Å². The highest BCUT2D eigenvalue weighted by Crippen LogP contribution is 2.48. The largest absolute Gasteiger partial charge is 0.497 e. The minimum atomic E-state index is -2.87. The first-order chi connectivity index (χ1) is 16.1. The van der Waals surface area contributed by atoms with Crippen LogP contribution in [0.15, 0.2) is 71.8 Å². The van der Waals surface area contributed by atoms with Crippen LogP contribution in [0, 0.1) is 0 Å². The van der Waals surface area contributed by atoms with Gasteiger partial charge in [0.15, 0.2) is 0 Å². The van der Waals surface area contributed by atoms with E-state index in [0.717, 1.165) is 28.2 Å². The Hall–Kier alpha value is -3.81. The Morgan fingerprint density at radius 3 is 2.45 bits per heavy atom. The van der Waals surface area contributed by atoms with Crippen LogP contribution in [0.3, 0.4) is 0 Å². The minimum absolute atomic E-state index is 0.0428. The molecule has 0 N–H and O–H groups in total. The molecule has 170 valence electrons. The number of hydrogen-bond acceptors (Lipinski definition) is 6. The number of nitrogens with zero attached hydrogens (tertiary/aromatic N) is 2. The zero-order chi connectivity index (χ0) is 22.9. The maximum Gasteiger partial charge on any atom is 0.387 e. The van der Waals surface area contributed by atoms with Gasteiger partial charge < -0.3 is 18.9 Å². The number of fused-ring (bicyclic) bond motifs is 3. The maximum absolute atomic E-state index is 12.5. The first kappa shape index (κ1) is 21.1. The Bertz CT molecular complexity index is 1180. The lowest BCUT2D eigenvalue weighted by Crippen LogP contribution is -2.33. The normalized spacial score (nSPS) is 18.8. The Morgan fingerprint density at radius 2 is 1.73 bits per heavy atom. The molecule has 2 aliphatic rings. The molecule has 2 heterocycles. The van der Waals surface area contributed by atoms with Crippen molar-refractivity contribution in [2.75, 3.05) is 14.2 Å². The summed E-state index contributed by atoms with van der Waals surface area (Å²) in [4.78, 5) is 0. The number of hydrazone groups is 1. The minimum Gasteiger partial charge on any atom is -0.497 e. The average molecular weight is 452 g/mol. The fraction of sp³-hybridized carbons (Fsp3) is 0.240. The molecule has 0 fully saturated rings. The third-order valence-corrected chi connectivity index (χ3v) is 5.81. The molecule has 0 spiro atoms. The van der Waals surface area contributed by atoms with E-state index < -0.39 is 12.8 Å². The van der Waals surface area contributed by atoms with Crippen molar-refractivity contribution in [3.05, 3.63) is 83.4 Å². The summed E-state index contributed by atoms with van der Waals surface area (Å²) in [6, 6.07) is 19.9. The molecular formula is C25H22F2N2O4. The second-order valence-corrected chi connectivity index (χ2v) is 7.67. The van der Waals surface area contributed by atoms with Gasteiger partial charge in [-0.1, -0.05) is 18.2 Å². The van der Waals surface area contributed by atoms with Crippen molar-refractivity contribution >= 4 is 5.71 Å². The number of rotatable bonds is 6. The molecule has 0 unspecified atom stereocenters. The van der Waals surface area contributed by atoms with E-state index in [1.165, 1.54) is 12.1 Å². The second-order valence-electron chi connectivity index (χ2n) is 7.67. The van der Waals surface area contributed by atoms with Gasteiger partial charge in [0.2, 0.25) is 6.23 Å². The van der Waals surface area contributed by atoms with Gasteiger partial charge in [-0.15, -0.1) is 0 Å². The second kappa shape index (κ2) is 8.61. The number of hydrogen-bond donors (Lipinski definition) is 0. The molecule has 3 aromatic carbocycles. The van der Waals surface area contributed by atoms with Crippen molar-refractivity contribution in [2.24, 2.45) is 5.10 Å². The maximum atomic E-state index is 12.5. The van der Waals surface area contributed by atoms with E-state index in [4.69, 9.17) is 19.3 Å². The van der Waals surface area contributed by atoms with Gasteiger partial charge in [0.1, 0.15) is 23.0 Å². The summed E-state index contributed by atoms with van der Waals surface area (Å²) in [6.07, 6.45) is 0.138. The van der Waals surface area contributed by atoms with Crippen LogP contribution >= 0.6 is 0 Å². The first-order valence-electron chi connectivity index (χ1n) is 10.5. The van der Waals surface area contributed by atoms with Crippen LogP contribution in [0.5, 0.6) is 23.0 Å². The van der Waals surface area contributed by atoms with E-state index >= 15 is 0 Å². The Morgan fingerprint density at radius 1 is 0.970 bits per heavy atom. The molecule has 33 heavy (non-hydrogen) atoms. The summed E-state index contributed by atoms with van der Waals surface area (Å²) in [5, 5.41) is 6.85. The predicted molar refractivity (Wildman–Crippen MR) is 118 cm³/mol. The highest BCUT2D eigenvalue weighted by atomic mass is 19.3. The summed E-state index contributed by atoms with van der Waals surface area (Å²) in [5.74, 6) is 2.24. The zero-order valence-electron chi connectivity index (χ0n) is 18.1. The summed E-state index contributed by atoms with van der Waals surface area (Å²) in [5.41, 5.74) is 3.56. The molecule has 0 bridgehead atoms. The molecule has 2 atom stereocenters. The first-order valence-corrected chi connectivity index (χ1v) is 10.5. The molecule has 0 saturated carbocycles. The molecule has 3 aromatic rings. The molecular weight excluding hydrogens is 430 g/mol. The van der Waals surface area contributed by atoms with Crippen molar-refractivity contribution in [1.29, 1.82) is 0 Å². The number of ether oxygens (including phenoxy) is 4. The third-order valence-electron chi connectivity index (χ3n) is 5.81. The van der Waals surface area contributed by atoms with E-state index in [1.807, 2.05) is 47.5 Å². The molecule has 0 radical (unpaired) electrons. The molecule has 6 nitrogen and oxygen atoms in total. The van der Waals surface area contributed by atoms with E-state index in [2.05, 4.69) is 4.74 Å². The van der Waals surface area contributed by atoms with Crippen LogP contribution < -0.4 is 18.9 Å². The van der Waals surface area contributed by atoms with Crippen LogP contribution in [-0.2, 0) is 0 Å². The molecule has 5 rings (SSSR count). The Kier molecular flexibility index (Phi) is 5.50. The van der Waals surface area contributed by atoms with Crippen molar-refractivity contribution < 1.29 is 27.7 Å². The summed E-state index contributed by atoms with van der Waals surface area (Å²) in [7, 11) is 3.23. The topological polar surface area (TPSA) is 52.5 Å². The standard InChI is InChI=1S/C25H22F2N2O4/c1-30-17-11-12-18(23(13-17)31-2)20-14-21-19-5-3-4-6-22(19)33-24(29(21)28-20)15-7-9-16(10-8-15)32-25(26)27/h3-13,21,24-25H,14H2,1-2H3/t21-,24-/m1/s1. The molecule has 0 saturated heterocycles. The zero-order valence-corrected chi connectivity index (χ0v) is 18.1. The predicted octanol–water partition coefficient (Wildman–Crippen LogP) is 5.55. The quantitative estimate of drug-likeness (QED) is 0.491. The van der Waals surface area contributed by atoms with Crippen molar-refractivity contribution in [1.82, 2.24) is 5.01 Å². The van der Waals surface area contributed by atoms with Gasteiger partial charge in [0, 0.05) is 29.2 Å². The van der Waals surface area contributed by atoms with Crippen molar-refractivity contribution in [2.45, 2.75) is 25.3 Å². The Balaban J connectivity index is 1.53. The number of alkyl halides is 2. The summed E-state index contributed by atoms with van der Waals surface area (Å²) >= 11 is 0. The number of benzene rings is 3. The fourth-order valence-electron chi connectivity index (χ4n) is 4.27. The van der Waals surface area contributed by atoms with Crippen LogP contribution in [0.4, 0.5) is 8.78 Å².